The van der Waals surface area contributed by atoms with Gasteiger partial charge in [-0.3, -0.25) is 14.9 Å². The average Bonchev–Trinajstić information content (AvgIpc) is 3.20. The molecular formula is C27H35N5O6S. The summed E-state index contributed by atoms with van der Waals surface area (Å²) in [5, 5.41) is 18.9. The van der Waals surface area contributed by atoms with Gasteiger partial charge >= 0.3 is 0 Å². The molecule has 210 valence electrons. The van der Waals surface area contributed by atoms with E-state index in [9.17, 15) is 23.3 Å². The molecule has 0 unspecified atom stereocenters. The number of nitro benzene ring substituents is 1. The summed E-state index contributed by atoms with van der Waals surface area (Å²) in [5.41, 5.74) is 2.60. The summed E-state index contributed by atoms with van der Waals surface area (Å²) in [6.07, 6.45) is 1.23. The van der Waals surface area contributed by atoms with Crippen LogP contribution in [0.25, 0.3) is 5.69 Å². The van der Waals surface area contributed by atoms with E-state index in [0.717, 1.165) is 23.6 Å². The second kappa shape index (κ2) is 12.0. The summed E-state index contributed by atoms with van der Waals surface area (Å²) in [5.74, 6) is -0.419. The lowest BCUT2D eigenvalue weighted by molar-refractivity contribution is -0.385. The normalized spacial score (nSPS) is 13.1. The summed E-state index contributed by atoms with van der Waals surface area (Å²) < 4.78 is 36.8. The van der Waals surface area contributed by atoms with E-state index in [2.05, 4.69) is 15.1 Å². The van der Waals surface area contributed by atoms with Gasteiger partial charge in [0.15, 0.2) is 5.69 Å². The first-order chi connectivity index (χ1) is 18.3. The van der Waals surface area contributed by atoms with E-state index in [1.165, 1.54) is 16.8 Å². The molecule has 0 aliphatic carbocycles. The summed E-state index contributed by atoms with van der Waals surface area (Å²) in [6, 6.07) is 8.46. The maximum atomic E-state index is 13.3. The number of benzene rings is 2. The Kier molecular flexibility index (Phi) is 9.13. The first kappa shape index (κ1) is 29.8. The van der Waals surface area contributed by atoms with Gasteiger partial charge in [-0.25, -0.2) is 13.1 Å². The third kappa shape index (κ3) is 6.45. The molecule has 0 radical (unpaired) electrons. The molecular weight excluding hydrogens is 522 g/mol. The van der Waals surface area contributed by atoms with Crippen LogP contribution in [0.3, 0.4) is 0 Å². The van der Waals surface area contributed by atoms with E-state index in [-0.39, 0.29) is 23.4 Å². The first-order valence-electron chi connectivity index (χ1n) is 12.8. The zero-order chi connectivity index (χ0) is 29.1. The number of carbonyl (C=O) groups excluding carboxylic acids is 1. The number of nitro groups is 1. The first-order valence-corrected chi connectivity index (χ1v) is 14.2. The summed E-state index contributed by atoms with van der Waals surface area (Å²) in [6.45, 7) is 12.8. The number of hydrogen-bond acceptors (Lipinski definition) is 7. The third-order valence-electron chi connectivity index (χ3n) is 6.68. The molecule has 0 fully saturated rings. The lowest BCUT2D eigenvalue weighted by Crippen LogP contribution is -2.32. The Hall–Kier alpha value is -3.77. The molecule has 0 saturated carbocycles. The highest BCUT2D eigenvalue weighted by Gasteiger charge is 2.29. The van der Waals surface area contributed by atoms with E-state index in [0.29, 0.717) is 17.7 Å². The van der Waals surface area contributed by atoms with Gasteiger partial charge in [0.05, 0.1) is 10.6 Å². The smallest absolute Gasteiger partial charge is 0.272 e. The lowest BCUT2D eigenvalue weighted by atomic mass is 10.1. The minimum Gasteiger partial charge on any atom is -0.437 e. The van der Waals surface area contributed by atoms with Crippen LogP contribution in [0.4, 0.5) is 5.69 Å². The topological polar surface area (TPSA) is 145 Å². The minimum atomic E-state index is -4.20. The van der Waals surface area contributed by atoms with Crippen molar-refractivity contribution in [2.45, 2.75) is 78.3 Å². The number of aryl methyl sites for hydroxylation is 1. The number of carbonyl (C=O) groups is 1. The molecule has 3 aromatic rings. The number of rotatable bonds is 11. The fraction of sp³-hybridized carbons (Fsp3) is 0.407. The molecule has 0 aliphatic rings. The predicted molar refractivity (Wildman–Crippen MR) is 148 cm³/mol. The van der Waals surface area contributed by atoms with Crippen molar-refractivity contribution in [2.24, 2.45) is 0 Å². The second-order valence-corrected chi connectivity index (χ2v) is 11.3. The number of ether oxygens (including phenoxy) is 1. The zero-order valence-corrected chi connectivity index (χ0v) is 24.0. The van der Waals surface area contributed by atoms with Gasteiger partial charge in [-0.1, -0.05) is 26.0 Å². The van der Waals surface area contributed by atoms with Crippen molar-refractivity contribution in [3.63, 3.8) is 0 Å². The molecule has 0 aliphatic heterocycles. The highest BCUT2D eigenvalue weighted by molar-refractivity contribution is 7.89. The summed E-state index contributed by atoms with van der Waals surface area (Å²) >= 11 is 0. The quantitative estimate of drug-likeness (QED) is 0.246. The van der Waals surface area contributed by atoms with Gasteiger partial charge in [0.1, 0.15) is 10.6 Å². The van der Waals surface area contributed by atoms with Crippen LogP contribution in [0, 0.1) is 30.9 Å². The Balaban J connectivity index is 2.25. The molecule has 0 bridgehead atoms. The molecule has 2 aromatic carbocycles. The van der Waals surface area contributed by atoms with Crippen molar-refractivity contribution in [3.8, 4) is 17.3 Å². The van der Waals surface area contributed by atoms with Gasteiger partial charge in [-0.15, -0.1) is 0 Å². The molecule has 2 N–H and O–H groups in total. The van der Waals surface area contributed by atoms with Crippen LogP contribution in [-0.4, -0.2) is 41.1 Å². The molecule has 12 heteroatoms. The number of nitrogens with zero attached hydrogens (tertiary/aromatic N) is 3. The standard InChI is InChI=1S/C27H35N5O6S/c1-8-17(4)28-26(33)25-20(7)27(31(29-25)22-12-10-11-16(3)19(22)6)38-23-14-13-21(32(34)35)15-24(23)39(36,37)30-18(5)9-2/h10-15,17-18,30H,8-9H2,1-7H3,(H,28,33)/t17-,18+/m1/s1. The Morgan fingerprint density at radius 2 is 1.74 bits per heavy atom. The van der Waals surface area contributed by atoms with Gasteiger partial charge in [-0.05, 0) is 70.7 Å². The van der Waals surface area contributed by atoms with E-state index in [1.807, 2.05) is 52.8 Å². The Bertz CT molecular complexity index is 1500. The lowest BCUT2D eigenvalue weighted by Gasteiger charge is -2.17. The Labute approximate surface area is 228 Å². The summed E-state index contributed by atoms with van der Waals surface area (Å²) in [7, 11) is -4.20. The molecule has 2 atom stereocenters. The number of sulfonamides is 1. The second-order valence-electron chi connectivity index (χ2n) is 9.61. The SMILES string of the molecule is CC[C@@H](C)NC(=O)c1nn(-c2cccc(C)c2C)c(Oc2ccc([N+](=O)[O-])cc2S(=O)(=O)N[C@@H](C)CC)c1C. The van der Waals surface area contributed by atoms with Crippen LogP contribution in [0.15, 0.2) is 41.3 Å². The Morgan fingerprint density at radius 3 is 2.36 bits per heavy atom. The van der Waals surface area contributed by atoms with Crippen molar-refractivity contribution in [1.82, 2.24) is 19.8 Å². The number of hydrogen-bond donors (Lipinski definition) is 2. The molecule has 3 rings (SSSR count). The monoisotopic (exact) mass is 557 g/mol. The fourth-order valence-corrected chi connectivity index (χ4v) is 5.23. The number of amides is 1. The number of non-ortho nitro benzene ring substituents is 1. The molecule has 39 heavy (non-hydrogen) atoms. The fourth-order valence-electron chi connectivity index (χ4n) is 3.76. The van der Waals surface area contributed by atoms with Crippen LogP contribution in [0.1, 0.15) is 67.7 Å². The molecule has 11 nitrogen and oxygen atoms in total. The van der Waals surface area contributed by atoms with Crippen molar-refractivity contribution >= 4 is 21.6 Å². The average molecular weight is 558 g/mol. The molecule has 1 amide bonds. The summed E-state index contributed by atoms with van der Waals surface area (Å²) in [4.78, 5) is 23.5. The van der Waals surface area contributed by atoms with Crippen molar-refractivity contribution in [2.75, 3.05) is 0 Å². The predicted octanol–water partition coefficient (Wildman–Crippen LogP) is 5.10. The van der Waals surface area contributed by atoms with Crippen LogP contribution in [0.2, 0.25) is 0 Å². The van der Waals surface area contributed by atoms with Crippen molar-refractivity contribution < 1.29 is 22.9 Å². The van der Waals surface area contributed by atoms with E-state index in [1.54, 1.807) is 13.8 Å². The maximum Gasteiger partial charge on any atom is 0.272 e. The van der Waals surface area contributed by atoms with Gasteiger partial charge in [0.25, 0.3) is 11.6 Å². The van der Waals surface area contributed by atoms with E-state index >= 15 is 0 Å². The number of aromatic nitrogens is 2. The largest absolute Gasteiger partial charge is 0.437 e. The zero-order valence-electron chi connectivity index (χ0n) is 23.2. The Morgan fingerprint density at radius 1 is 1.08 bits per heavy atom. The van der Waals surface area contributed by atoms with E-state index < -0.39 is 37.5 Å². The van der Waals surface area contributed by atoms with Crippen LogP contribution >= 0.6 is 0 Å². The maximum absolute atomic E-state index is 13.3. The van der Waals surface area contributed by atoms with Crippen molar-refractivity contribution in [3.05, 3.63) is 68.9 Å². The molecule has 0 spiro atoms. The van der Waals surface area contributed by atoms with Crippen LogP contribution in [-0.2, 0) is 10.0 Å². The van der Waals surface area contributed by atoms with Crippen molar-refractivity contribution in [1.29, 1.82) is 0 Å². The van der Waals surface area contributed by atoms with Gasteiger partial charge in [0.2, 0.25) is 15.9 Å². The van der Waals surface area contributed by atoms with E-state index in [4.69, 9.17) is 4.74 Å². The molecule has 0 saturated heterocycles. The van der Waals surface area contributed by atoms with Gasteiger partial charge in [0, 0.05) is 29.8 Å². The number of nitrogens with one attached hydrogen (secondary N) is 2. The molecule has 1 aromatic heterocycles. The highest BCUT2D eigenvalue weighted by Crippen LogP contribution is 2.36. The third-order valence-corrected chi connectivity index (χ3v) is 8.29. The highest BCUT2D eigenvalue weighted by atomic mass is 32.2. The van der Waals surface area contributed by atoms with Gasteiger partial charge < -0.3 is 10.1 Å². The van der Waals surface area contributed by atoms with Crippen LogP contribution < -0.4 is 14.8 Å². The van der Waals surface area contributed by atoms with Gasteiger partial charge in [-0.2, -0.15) is 9.78 Å². The molecule has 1 heterocycles. The minimum absolute atomic E-state index is 0.0924. The van der Waals surface area contributed by atoms with Crippen LogP contribution in [0.5, 0.6) is 11.6 Å².